The highest BCUT2D eigenvalue weighted by atomic mass is 35.5. The van der Waals surface area contributed by atoms with Gasteiger partial charge in [-0.15, -0.1) is 0 Å². The van der Waals surface area contributed by atoms with Gasteiger partial charge in [-0.3, -0.25) is 9.36 Å². The van der Waals surface area contributed by atoms with Crippen LogP contribution in [0.2, 0.25) is 5.02 Å². The van der Waals surface area contributed by atoms with Crippen LogP contribution in [0.15, 0.2) is 53.3 Å². The molecule has 3 rings (SSSR count). The van der Waals surface area contributed by atoms with Crippen molar-refractivity contribution < 1.29 is 0 Å². The molecule has 0 aliphatic carbocycles. The number of rotatable bonds is 4. The van der Waals surface area contributed by atoms with Gasteiger partial charge in [-0.1, -0.05) is 48.0 Å². The largest absolute Gasteiger partial charge is 0.315 e. The van der Waals surface area contributed by atoms with E-state index in [4.69, 9.17) is 16.6 Å². The topological polar surface area (TPSA) is 46.9 Å². The van der Waals surface area contributed by atoms with Crippen LogP contribution in [-0.2, 0) is 6.54 Å². The third kappa shape index (κ3) is 3.00. The van der Waals surface area contributed by atoms with Gasteiger partial charge in [0.05, 0.1) is 15.9 Å². The Hall–Kier alpha value is -2.17. The Kier molecular flexibility index (Phi) is 4.46. The maximum Gasteiger partial charge on any atom is 0.261 e. The summed E-state index contributed by atoms with van der Waals surface area (Å²) in [5, 5.41) is 4.20. The zero-order valence-electron chi connectivity index (χ0n) is 13.1. The Bertz CT molecular complexity index is 890. The standard InChI is InChI=1S/C18H18ClN3O/c1-12(20-2)11-22-17(13-7-4-3-5-8-13)21-16-14(18(22)23)9-6-10-15(16)19/h3-10,12,20H,11H2,1-2H3. The van der Waals surface area contributed by atoms with Gasteiger partial charge in [0.25, 0.3) is 5.56 Å². The summed E-state index contributed by atoms with van der Waals surface area (Å²) in [7, 11) is 1.88. The summed E-state index contributed by atoms with van der Waals surface area (Å²) in [6, 6.07) is 15.2. The minimum absolute atomic E-state index is 0.0709. The second-order valence-corrected chi connectivity index (χ2v) is 5.95. The molecule has 0 fully saturated rings. The summed E-state index contributed by atoms with van der Waals surface area (Å²) in [6.45, 7) is 2.57. The minimum Gasteiger partial charge on any atom is -0.315 e. The number of benzene rings is 2. The van der Waals surface area contributed by atoms with E-state index < -0.39 is 0 Å². The lowest BCUT2D eigenvalue weighted by Gasteiger charge is -2.17. The molecule has 4 nitrogen and oxygen atoms in total. The smallest absolute Gasteiger partial charge is 0.261 e. The van der Waals surface area contributed by atoms with Crippen molar-refractivity contribution in [2.45, 2.75) is 19.5 Å². The van der Waals surface area contributed by atoms with E-state index in [9.17, 15) is 4.79 Å². The molecule has 1 unspecified atom stereocenters. The molecule has 5 heteroatoms. The van der Waals surface area contributed by atoms with E-state index in [1.54, 1.807) is 22.8 Å². The second-order valence-electron chi connectivity index (χ2n) is 5.54. The SMILES string of the molecule is CNC(C)Cn1c(-c2ccccc2)nc2c(Cl)cccc2c1=O. The first-order valence-electron chi connectivity index (χ1n) is 7.53. The molecule has 0 spiro atoms. The van der Waals surface area contributed by atoms with Crippen molar-refractivity contribution in [3.05, 3.63) is 63.9 Å². The van der Waals surface area contributed by atoms with Gasteiger partial charge in [-0.2, -0.15) is 0 Å². The molecule has 2 aromatic carbocycles. The number of nitrogens with one attached hydrogen (secondary N) is 1. The first kappa shape index (κ1) is 15.7. The lowest BCUT2D eigenvalue weighted by Crippen LogP contribution is -2.33. The summed E-state index contributed by atoms with van der Waals surface area (Å²) < 4.78 is 1.72. The van der Waals surface area contributed by atoms with Crippen LogP contribution in [0.3, 0.4) is 0 Å². The van der Waals surface area contributed by atoms with Gasteiger partial charge in [0.1, 0.15) is 5.82 Å². The van der Waals surface area contributed by atoms with E-state index in [1.807, 2.05) is 44.3 Å². The van der Waals surface area contributed by atoms with Crippen LogP contribution in [0.25, 0.3) is 22.3 Å². The van der Waals surface area contributed by atoms with Gasteiger partial charge < -0.3 is 5.32 Å². The number of fused-ring (bicyclic) bond motifs is 1. The third-order valence-corrected chi connectivity index (χ3v) is 4.22. The van der Waals surface area contributed by atoms with Crippen molar-refractivity contribution in [1.29, 1.82) is 0 Å². The first-order chi connectivity index (χ1) is 11.1. The lowest BCUT2D eigenvalue weighted by molar-refractivity contribution is 0.507. The molecule has 1 aromatic heterocycles. The molecule has 0 radical (unpaired) electrons. The van der Waals surface area contributed by atoms with Gasteiger partial charge in [0.2, 0.25) is 0 Å². The quantitative estimate of drug-likeness (QED) is 0.799. The fourth-order valence-corrected chi connectivity index (χ4v) is 2.77. The number of hydrogen-bond acceptors (Lipinski definition) is 3. The van der Waals surface area contributed by atoms with Gasteiger partial charge >= 0.3 is 0 Å². The molecule has 0 saturated heterocycles. The van der Waals surface area contributed by atoms with E-state index in [2.05, 4.69) is 5.32 Å². The zero-order valence-corrected chi connectivity index (χ0v) is 13.8. The van der Waals surface area contributed by atoms with Crippen LogP contribution < -0.4 is 10.9 Å². The van der Waals surface area contributed by atoms with Crippen molar-refractivity contribution in [3.63, 3.8) is 0 Å². The number of aromatic nitrogens is 2. The van der Waals surface area contributed by atoms with E-state index in [0.717, 1.165) is 5.56 Å². The Labute approximate surface area is 139 Å². The molecule has 118 valence electrons. The predicted octanol–water partition coefficient (Wildman–Crippen LogP) is 3.32. The van der Waals surface area contributed by atoms with E-state index >= 15 is 0 Å². The van der Waals surface area contributed by atoms with E-state index in [0.29, 0.717) is 28.3 Å². The van der Waals surface area contributed by atoms with Crippen LogP contribution in [0, 0.1) is 0 Å². The van der Waals surface area contributed by atoms with Gasteiger partial charge in [-0.25, -0.2) is 4.98 Å². The summed E-state index contributed by atoms with van der Waals surface area (Å²) in [5.41, 5.74) is 1.37. The Morgan fingerprint density at radius 2 is 1.91 bits per heavy atom. The number of likely N-dealkylation sites (N-methyl/N-ethyl adjacent to an activating group) is 1. The van der Waals surface area contributed by atoms with Crippen molar-refractivity contribution in [2.75, 3.05) is 7.05 Å². The summed E-state index contributed by atoms with van der Waals surface area (Å²) in [6.07, 6.45) is 0. The molecule has 0 aliphatic heterocycles. The summed E-state index contributed by atoms with van der Waals surface area (Å²) in [5.74, 6) is 0.637. The molecular formula is C18H18ClN3O. The highest BCUT2D eigenvalue weighted by molar-refractivity contribution is 6.35. The normalized spacial score (nSPS) is 12.5. The average molecular weight is 328 g/mol. The van der Waals surface area contributed by atoms with Gasteiger partial charge in [0.15, 0.2) is 0 Å². The summed E-state index contributed by atoms with van der Waals surface area (Å²) >= 11 is 6.25. The van der Waals surface area contributed by atoms with Crippen molar-refractivity contribution in [2.24, 2.45) is 0 Å². The fourth-order valence-electron chi connectivity index (χ4n) is 2.55. The Morgan fingerprint density at radius 1 is 1.17 bits per heavy atom. The van der Waals surface area contributed by atoms with Gasteiger partial charge in [0, 0.05) is 18.2 Å². The fraction of sp³-hybridized carbons (Fsp3) is 0.222. The number of nitrogens with zero attached hydrogens (tertiary/aromatic N) is 2. The predicted molar refractivity (Wildman–Crippen MR) is 95.0 cm³/mol. The highest BCUT2D eigenvalue weighted by Crippen LogP contribution is 2.23. The molecular weight excluding hydrogens is 310 g/mol. The molecule has 1 heterocycles. The van der Waals surface area contributed by atoms with Crippen LogP contribution in [0.5, 0.6) is 0 Å². The minimum atomic E-state index is -0.0709. The average Bonchev–Trinajstić information content (AvgIpc) is 2.58. The second kappa shape index (κ2) is 6.52. The zero-order chi connectivity index (χ0) is 16.4. The molecule has 0 aliphatic rings. The van der Waals surface area contributed by atoms with Crippen LogP contribution in [0.1, 0.15) is 6.92 Å². The molecule has 1 N–H and O–H groups in total. The maximum absolute atomic E-state index is 13.0. The van der Waals surface area contributed by atoms with Crippen LogP contribution in [0.4, 0.5) is 0 Å². The maximum atomic E-state index is 13.0. The summed E-state index contributed by atoms with van der Waals surface area (Å²) in [4.78, 5) is 17.7. The van der Waals surface area contributed by atoms with Gasteiger partial charge in [-0.05, 0) is 26.1 Å². The van der Waals surface area contributed by atoms with E-state index in [1.165, 1.54) is 0 Å². The molecule has 23 heavy (non-hydrogen) atoms. The lowest BCUT2D eigenvalue weighted by atomic mass is 10.1. The monoisotopic (exact) mass is 327 g/mol. The number of halogens is 1. The molecule has 0 bridgehead atoms. The van der Waals surface area contributed by atoms with Crippen molar-refractivity contribution in [1.82, 2.24) is 14.9 Å². The number of para-hydroxylation sites is 1. The van der Waals surface area contributed by atoms with Crippen molar-refractivity contribution in [3.8, 4) is 11.4 Å². The van der Waals surface area contributed by atoms with Crippen LogP contribution >= 0.6 is 11.6 Å². The third-order valence-electron chi connectivity index (χ3n) is 3.92. The molecule has 3 aromatic rings. The Morgan fingerprint density at radius 3 is 2.61 bits per heavy atom. The first-order valence-corrected chi connectivity index (χ1v) is 7.91. The number of hydrogen-bond donors (Lipinski definition) is 1. The van der Waals surface area contributed by atoms with E-state index in [-0.39, 0.29) is 11.6 Å². The molecule has 1 atom stereocenters. The highest BCUT2D eigenvalue weighted by Gasteiger charge is 2.15. The molecule has 0 amide bonds. The Balaban J connectivity index is 2.33. The van der Waals surface area contributed by atoms with Crippen LogP contribution in [-0.4, -0.2) is 22.6 Å². The van der Waals surface area contributed by atoms with Crippen molar-refractivity contribution >= 4 is 22.5 Å². The molecule has 0 saturated carbocycles.